The fourth-order valence-electron chi connectivity index (χ4n) is 2.96. The van der Waals surface area contributed by atoms with Crippen molar-refractivity contribution in [2.75, 3.05) is 19.7 Å². The van der Waals surface area contributed by atoms with Crippen molar-refractivity contribution >= 4 is 5.91 Å². The molecule has 4 heteroatoms. The standard InChI is InChI=1S/C17H26N2O2/c1-3-8-17(9-5-10-19-17)16(20)18-11-12-21-15-7-4-6-14(2)13-15/h4,6-7,13,19H,3,5,8-12H2,1-2H3,(H,18,20). The number of hydrogen-bond acceptors (Lipinski definition) is 3. The second-order valence-electron chi connectivity index (χ2n) is 5.78. The molecule has 21 heavy (non-hydrogen) atoms. The van der Waals surface area contributed by atoms with Gasteiger partial charge in [0.1, 0.15) is 12.4 Å². The first kappa shape index (κ1) is 15.8. The van der Waals surface area contributed by atoms with Crippen molar-refractivity contribution in [2.24, 2.45) is 0 Å². The minimum atomic E-state index is -0.349. The van der Waals surface area contributed by atoms with E-state index >= 15 is 0 Å². The Kier molecular flexibility index (Phi) is 5.62. The van der Waals surface area contributed by atoms with Crippen molar-refractivity contribution < 1.29 is 9.53 Å². The topological polar surface area (TPSA) is 50.4 Å². The van der Waals surface area contributed by atoms with Crippen LogP contribution in [0.4, 0.5) is 0 Å². The van der Waals surface area contributed by atoms with Crippen LogP contribution >= 0.6 is 0 Å². The Morgan fingerprint density at radius 2 is 2.33 bits per heavy atom. The van der Waals surface area contributed by atoms with Gasteiger partial charge in [-0.25, -0.2) is 0 Å². The maximum Gasteiger partial charge on any atom is 0.240 e. The van der Waals surface area contributed by atoms with E-state index in [2.05, 4.69) is 17.6 Å². The molecule has 1 atom stereocenters. The summed E-state index contributed by atoms with van der Waals surface area (Å²) in [5.41, 5.74) is 0.825. The first-order valence-corrected chi connectivity index (χ1v) is 7.89. The molecule has 1 fully saturated rings. The van der Waals surface area contributed by atoms with E-state index < -0.39 is 0 Å². The maximum absolute atomic E-state index is 12.4. The van der Waals surface area contributed by atoms with Gasteiger partial charge in [-0.1, -0.05) is 25.5 Å². The largest absolute Gasteiger partial charge is 0.492 e. The molecule has 1 aromatic carbocycles. The van der Waals surface area contributed by atoms with E-state index in [0.717, 1.165) is 38.0 Å². The van der Waals surface area contributed by atoms with Crippen LogP contribution < -0.4 is 15.4 Å². The number of ether oxygens (including phenoxy) is 1. The van der Waals surface area contributed by atoms with E-state index in [-0.39, 0.29) is 11.4 Å². The highest BCUT2D eigenvalue weighted by Crippen LogP contribution is 2.24. The molecule has 4 nitrogen and oxygen atoms in total. The van der Waals surface area contributed by atoms with Gasteiger partial charge in [0, 0.05) is 0 Å². The van der Waals surface area contributed by atoms with Crippen LogP contribution in [0.2, 0.25) is 0 Å². The number of hydrogen-bond donors (Lipinski definition) is 2. The van der Waals surface area contributed by atoms with Gasteiger partial charge in [-0.2, -0.15) is 0 Å². The normalized spacial score (nSPS) is 21.2. The highest BCUT2D eigenvalue weighted by molar-refractivity contribution is 5.86. The lowest BCUT2D eigenvalue weighted by atomic mass is 9.91. The predicted octanol–water partition coefficient (Wildman–Crippen LogP) is 2.41. The van der Waals surface area contributed by atoms with E-state index in [0.29, 0.717) is 13.2 Å². The van der Waals surface area contributed by atoms with Gasteiger partial charge in [-0.15, -0.1) is 0 Å². The van der Waals surface area contributed by atoms with Crippen molar-refractivity contribution in [2.45, 2.75) is 45.1 Å². The summed E-state index contributed by atoms with van der Waals surface area (Å²) in [6, 6.07) is 7.95. The van der Waals surface area contributed by atoms with Gasteiger partial charge < -0.3 is 15.4 Å². The predicted molar refractivity (Wildman–Crippen MR) is 84.6 cm³/mol. The third kappa shape index (κ3) is 4.21. The molecule has 1 aliphatic rings. The van der Waals surface area contributed by atoms with Crippen molar-refractivity contribution in [1.82, 2.24) is 10.6 Å². The average molecular weight is 290 g/mol. The molecule has 0 bridgehead atoms. The summed E-state index contributed by atoms with van der Waals surface area (Å²) in [5.74, 6) is 0.973. The highest BCUT2D eigenvalue weighted by Gasteiger charge is 2.39. The Balaban J connectivity index is 1.76. The second kappa shape index (κ2) is 7.46. The average Bonchev–Trinajstić information content (AvgIpc) is 2.94. The minimum absolute atomic E-state index is 0.120. The summed E-state index contributed by atoms with van der Waals surface area (Å²) in [6.45, 7) is 6.13. The van der Waals surface area contributed by atoms with Gasteiger partial charge in [-0.3, -0.25) is 4.79 Å². The zero-order chi connectivity index (χ0) is 15.1. The summed E-state index contributed by atoms with van der Waals surface area (Å²) >= 11 is 0. The Bertz CT molecular complexity index is 468. The lowest BCUT2D eigenvalue weighted by Gasteiger charge is -2.27. The van der Waals surface area contributed by atoms with Crippen LogP contribution in [-0.4, -0.2) is 31.1 Å². The molecule has 1 aliphatic heterocycles. The highest BCUT2D eigenvalue weighted by atomic mass is 16.5. The van der Waals surface area contributed by atoms with Crippen molar-refractivity contribution in [3.63, 3.8) is 0 Å². The molecule has 1 aromatic rings. The Labute approximate surface area is 127 Å². The van der Waals surface area contributed by atoms with Crippen LogP contribution in [0.5, 0.6) is 5.75 Å². The lowest BCUT2D eigenvalue weighted by molar-refractivity contribution is -0.127. The summed E-state index contributed by atoms with van der Waals surface area (Å²) in [7, 11) is 0. The fraction of sp³-hybridized carbons (Fsp3) is 0.588. The second-order valence-corrected chi connectivity index (χ2v) is 5.78. The molecule has 2 rings (SSSR count). The summed E-state index contributed by atoms with van der Waals surface area (Å²) < 4.78 is 5.66. The van der Waals surface area contributed by atoms with Gasteiger partial charge in [0.25, 0.3) is 0 Å². The van der Waals surface area contributed by atoms with Crippen LogP contribution in [0, 0.1) is 6.92 Å². The SMILES string of the molecule is CCCC1(C(=O)NCCOc2cccc(C)c2)CCCN1. The molecular weight excluding hydrogens is 264 g/mol. The van der Waals surface area contributed by atoms with Crippen LogP contribution in [0.15, 0.2) is 24.3 Å². The number of amides is 1. The molecule has 0 radical (unpaired) electrons. The molecule has 0 spiro atoms. The molecule has 0 aromatic heterocycles. The molecule has 116 valence electrons. The van der Waals surface area contributed by atoms with Gasteiger partial charge in [-0.05, 0) is 50.4 Å². The Morgan fingerprint density at radius 3 is 3.00 bits per heavy atom. The van der Waals surface area contributed by atoms with E-state index in [4.69, 9.17) is 4.74 Å². The van der Waals surface area contributed by atoms with Crippen molar-refractivity contribution in [1.29, 1.82) is 0 Å². The van der Waals surface area contributed by atoms with Gasteiger partial charge in [0.2, 0.25) is 5.91 Å². The lowest BCUT2D eigenvalue weighted by Crippen LogP contribution is -2.54. The summed E-state index contributed by atoms with van der Waals surface area (Å²) in [6.07, 6.45) is 3.93. The summed E-state index contributed by atoms with van der Waals surface area (Å²) in [5, 5.41) is 6.39. The molecule has 1 saturated heterocycles. The fourth-order valence-corrected chi connectivity index (χ4v) is 2.96. The van der Waals surface area contributed by atoms with E-state index in [1.165, 1.54) is 5.56 Å². The maximum atomic E-state index is 12.4. The van der Waals surface area contributed by atoms with Crippen LogP contribution in [-0.2, 0) is 4.79 Å². The number of aryl methyl sites for hydroxylation is 1. The third-order valence-electron chi connectivity index (χ3n) is 4.00. The van der Waals surface area contributed by atoms with Crippen molar-refractivity contribution in [3.05, 3.63) is 29.8 Å². The van der Waals surface area contributed by atoms with Gasteiger partial charge in [0.05, 0.1) is 12.1 Å². The zero-order valence-corrected chi connectivity index (χ0v) is 13.1. The van der Waals surface area contributed by atoms with E-state index in [9.17, 15) is 4.79 Å². The first-order chi connectivity index (χ1) is 10.2. The summed E-state index contributed by atoms with van der Waals surface area (Å²) in [4.78, 5) is 12.4. The molecule has 0 saturated carbocycles. The number of nitrogens with one attached hydrogen (secondary N) is 2. The van der Waals surface area contributed by atoms with Crippen LogP contribution in [0.3, 0.4) is 0 Å². The molecule has 0 aliphatic carbocycles. The molecular formula is C17H26N2O2. The van der Waals surface area contributed by atoms with Gasteiger partial charge in [0.15, 0.2) is 0 Å². The van der Waals surface area contributed by atoms with Crippen molar-refractivity contribution in [3.8, 4) is 5.75 Å². The van der Waals surface area contributed by atoms with E-state index in [1.54, 1.807) is 0 Å². The first-order valence-electron chi connectivity index (χ1n) is 7.89. The molecule has 2 N–H and O–H groups in total. The molecule has 1 heterocycles. The zero-order valence-electron chi connectivity index (χ0n) is 13.1. The smallest absolute Gasteiger partial charge is 0.240 e. The Morgan fingerprint density at radius 1 is 1.48 bits per heavy atom. The number of carbonyl (C=O) groups is 1. The molecule has 1 amide bonds. The monoisotopic (exact) mass is 290 g/mol. The third-order valence-corrected chi connectivity index (χ3v) is 4.00. The van der Waals surface area contributed by atoms with E-state index in [1.807, 2.05) is 31.2 Å². The number of benzene rings is 1. The van der Waals surface area contributed by atoms with Crippen LogP contribution in [0.25, 0.3) is 0 Å². The number of carbonyl (C=O) groups excluding carboxylic acids is 1. The number of rotatable bonds is 7. The quantitative estimate of drug-likeness (QED) is 0.758. The molecule has 1 unspecified atom stereocenters. The Hall–Kier alpha value is -1.55. The van der Waals surface area contributed by atoms with Crippen LogP contribution in [0.1, 0.15) is 38.2 Å². The minimum Gasteiger partial charge on any atom is -0.492 e. The van der Waals surface area contributed by atoms with Gasteiger partial charge >= 0.3 is 0 Å².